The Balaban J connectivity index is 2.08. The highest BCUT2D eigenvalue weighted by Gasteiger charge is 2.12. The maximum absolute atomic E-state index is 12.0. The summed E-state index contributed by atoms with van der Waals surface area (Å²) in [5.41, 5.74) is 2.76. The molecule has 1 amide bonds. The van der Waals surface area contributed by atoms with Crippen molar-refractivity contribution in [3.8, 4) is 11.5 Å². The number of carbonyl (C=O) groups excluding carboxylic acids is 1. The SMILES string of the molecule is COc1ccc(C(=O)N/N=C\c2ccc(Br)o2)c(OC)c1. The zero-order valence-electron chi connectivity index (χ0n) is 11.4. The minimum absolute atomic E-state index is 0.357. The first kappa shape index (κ1) is 15.1. The minimum Gasteiger partial charge on any atom is -0.497 e. The molecule has 2 aromatic rings. The van der Waals surface area contributed by atoms with E-state index in [0.717, 1.165) is 0 Å². The van der Waals surface area contributed by atoms with Crippen molar-refractivity contribution >= 4 is 28.1 Å². The number of hydrogen-bond donors (Lipinski definition) is 1. The van der Waals surface area contributed by atoms with E-state index in [9.17, 15) is 4.79 Å². The molecule has 0 spiro atoms. The molecule has 1 aromatic heterocycles. The standard InChI is InChI=1S/C14H13BrN2O4/c1-19-9-3-5-11(12(7-9)20-2)14(18)17-16-8-10-4-6-13(15)21-10/h3-8H,1-2H3,(H,17,18)/b16-8-. The summed E-state index contributed by atoms with van der Waals surface area (Å²) < 4.78 is 16.0. The molecule has 6 nitrogen and oxygen atoms in total. The van der Waals surface area contributed by atoms with Gasteiger partial charge in [0.25, 0.3) is 5.91 Å². The monoisotopic (exact) mass is 352 g/mol. The van der Waals surface area contributed by atoms with Crippen LogP contribution in [0.25, 0.3) is 0 Å². The summed E-state index contributed by atoms with van der Waals surface area (Å²) in [6.07, 6.45) is 1.40. The number of benzene rings is 1. The van der Waals surface area contributed by atoms with Gasteiger partial charge in [-0.3, -0.25) is 4.79 Å². The molecular weight excluding hydrogens is 340 g/mol. The third-order valence-electron chi connectivity index (χ3n) is 2.61. The summed E-state index contributed by atoms with van der Waals surface area (Å²) in [5.74, 6) is 1.13. The maximum atomic E-state index is 12.0. The number of hydrazone groups is 1. The summed E-state index contributed by atoms with van der Waals surface area (Å²) in [6, 6.07) is 8.35. The summed E-state index contributed by atoms with van der Waals surface area (Å²) in [5, 5.41) is 3.82. The van der Waals surface area contributed by atoms with Crippen molar-refractivity contribution in [1.29, 1.82) is 0 Å². The van der Waals surface area contributed by atoms with Crippen molar-refractivity contribution in [2.75, 3.05) is 14.2 Å². The Kier molecular flexibility index (Phi) is 4.99. The lowest BCUT2D eigenvalue weighted by atomic mass is 10.2. The zero-order chi connectivity index (χ0) is 15.2. The number of nitrogens with zero attached hydrogens (tertiary/aromatic N) is 1. The fraction of sp³-hybridized carbons (Fsp3) is 0.143. The van der Waals surface area contributed by atoms with Gasteiger partial charge in [-0.1, -0.05) is 0 Å². The van der Waals surface area contributed by atoms with Gasteiger partial charge >= 0.3 is 0 Å². The summed E-state index contributed by atoms with van der Waals surface area (Å²) in [7, 11) is 3.02. The van der Waals surface area contributed by atoms with E-state index in [4.69, 9.17) is 13.9 Å². The van der Waals surface area contributed by atoms with E-state index in [1.54, 1.807) is 37.4 Å². The van der Waals surface area contributed by atoms with E-state index in [0.29, 0.717) is 27.5 Å². The van der Waals surface area contributed by atoms with Crippen LogP contribution in [-0.2, 0) is 0 Å². The van der Waals surface area contributed by atoms with E-state index in [1.165, 1.54) is 13.3 Å². The third-order valence-corrected chi connectivity index (χ3v) is 3.03. The molecule has 0 atom stereocenters. The molecule has 0 aliphatic carbocycles. The van der Waals surface area contributed by atoms with Gasteiger partial charge in [-0.25, -0.2) is 5.43 Å². The summed E-state index contributed by atoms with van der Waals surface area (Å²) >= 11 is 3.18. The number of methoxy groups -OCH3 is 2. The largest absolute Gasteiger partial charge is 0.497 e. The number of ether oxygens (including phenoxy) is 2. The van der Waals surface area contributed by atoms with Crippen LogP contribution in [0.1, 0.15) is 16.1 Å². The average molecular weight is 353 g/mol. The van der Waals surface area contributed by atoms with Crippen LogP contribution in [-0.4, -0.2) is 26.3 Å². The van der Waals surface area contributed by atoms with E-state index in [2.05, 4.69) is 26.5 Å². The molecule has 0 unspecified atom stereocenters. The van der Waals surface area contributed by atoms with Crippen LogP contribution < -0.4 is 14.9 Å². The molecule has 1 N–H and O–H groups in total. The lowest BCUT2D eigenvalue weighted by molar-refractivity contribution is 0.0952. The van der Waals surface area contributed by atoms with Gasteiger partial charge in [-0.2, -0.15) is 5.10 Å². The Morgan fingerprint density at radius 2 is 2.10 bits per heavy atom. The normalized spacial score (nSPS) is 10.6. The Labute approximate surface area is 129 Å². The van der Waals surface area contributed by atoms with Gasteiger partial charge in [0.2, 0.25) is 0 Å². The first-order valence-corrected chi connectivity index (χ1v) is 6.74. The lowest BCUT2D eigenvalue weighted by Gasteiger charge is -2.08. The van der Waals surface area contributed by atoms with Crippen molar-refractivity contribution in [3.05, 3.63) is 46.3 Å². The zero-order valence-corrected chi connectivity index (χ0v) is 13.0. The molecule has 2 rings (SSSR count). The Hall–Kier alpha value is -2.28. The molecule has 0 aliphatic heterocycles. The summed E-state index contributed by atoms with van der Waals surface area (Å²) in [4.78, 5) is 12.0. The van der Waals surface area contributed by atoms with Crippen LogP contribution >= 0.6 is 15.9 Å². The summed E-state index contributed by atoms with van der Waals surface area (Å²) in [6.45, 7) is 0. The molecule has 0 fully saturated rings. The quantitative estimate of drug-likeness (QED) is 0.663. The average Bonchev–Trinajstić information content (AvgIpc) is 2.91. The predicted molar refractivity (Wildman–Crippen MR) is 81.0 cm³/mol. The molecule has 0 radical (unpaired) electrons. The first-order valence-electron chi connectivity index (χ1n) is 5.95. The minimum atomic E-state index is -0.392. The maximum Gasteiger partial charge on any atom is 0.275 e. The second kappa shape index (κ2) is 6.94. The first-order chi connectivity index (χ1) is 10.1. The number of halogens is 1. The third kappa shape index (κ3) is 3.85. The van der Waals surface area contributed by atoms with Crippen molar-refractivity contribution in [2.45, 2.75) is 0 Å². The number of nitrogens with one attached hydrogen (secondary N) is 1. The van der Waals surface area contributed by atoms with Crippen molar-refractivity contribution in [3.63, 3.8) is 0 Å². The van der Waals surface area contributed by atoms with Crippen molar-refractivity contribution < 1.29 is 18.7 Å². The van der Waals surface area contributed by atoms with E-state index >= 15 is 0 Å². The molecule has 0 aliphatic rings. The van der Waals surface area contributed by atoms with Crippen molar-refractivity contribution in [1.82, 2.24) is 5.43 Å². The highest BCUT2D eigenvalue weighted by molar-refractivity contribution is 9.10. The van der Waals surface area contributed by atoms with Crippen molar-refractivity contribution in [2.24, 2.45) is 5.10 Å². The van der Waals surface area contributed by atoms with Gasteiger partial charge in [-0.15, -0.1) is 0 Å². The number of amides is 1. The Morgan fingerprint density at radius 1 is 1.29 bits per heavy atom. The smallest absolute Gasteiger partial charge is 0.275 e. The molecular formula is C14H13BrN2O4. The number of furan rings is 1. The highest BCUT2D eigenvalue weighted by atomic mass is 79.9. The van der Waals surface area contributed by atoms with Gasteiger partial charge in [0, 0.05) is 6.07 Å². The second-order valence-electron chi connectivity index (χ2n) is 3.91. The van der Waals surface area contributed by atoms with Gasteiger partial charge in [0.05, 0.1) is 26.0 Å². The van der Waals surface area contributed by atoms with E-state index < -0.39 is 5.91 Å². The molecule has 1 heterocycles. The fourth-order valence-corrected chi connectivity index (χ4v) is 1.92. The van der Waals surface area contributed by atoms with Gasteiger partial charge in [0.15, 0.2) is 4.67 Å². The second-order valence-corrected chi connectivity index (χ2v) is 4.69. The molecule has 7 heteroatoms. The van der Waals surface area contributed by atoms with E-state index in [1.807, 2.05) is 0 Å². The van der Waals surface area contributed by atoms with Crippen LogP contribution in [0, 0.1) is 0 Å². The topological polar surface area (TPSA) is 73.1 Å². The van der Waals surface area contributed by atoms with Gasteiger partial charge in [0.1, 0.15) is 17.3 Å². The molecule has 0 saturated heterocycles. The molecule has 21 heavy (non-hydrogen) atoms. The molecule has 1 aromatic carbocycles. The Morgan fingerprint density at radius 3 is 2.71 bits per heavy atom. The number of carbonyl (C=O) groups is 1. The van der Waals surface area contributed by atoms with Gasteiger partial charge < -0.3 is 13.9 Å². The number of rotatable bonds is 5. The van der Waals surface area contributed by atoms with Crippen LogP contribution in [0.3, 0.4) is 0 Å². The van der Waals surface area contributed by atoms with Crippen LogP contribution in [0.2, 0.25) is 0 Å². The lowest BCUT2D eigenvalue weighted by Crippen LogP contribution is -2.18. The van der Waals surface area contributed by atoms with Gasteiger partial charge in [-0.05, 0) is 40.2 Å². The van der Waals surface area contributed by atoms with E-state index in [-0.39, 0.29) is 0 Å². The molecule has 0 saturated carbocycles. The highest BCUT2D eigenvalue weighted by Crippen LogP contribution is 2.24. The predicted octanol–water partition coefficient (Wildman–Crippen LogP) is 2.82. The molecule has 0 bridgehead atoms. The van der Waals surface area contributed by atoms with Crippen LogP contribution in [0.4, 0.5) is 0 Å². The molecule has 110 valence electrons. The van der Waals surface area contributed by atoms with Crippen LogP contribution in [0.5, 0.6) is 11.5 Å². The Bertz CT molecular complexity index is 667. The number of hydrogen-bond acceptors (Lipinski definition) is 5. The van der Waals surface area contributed by atoms with Crippen LogP contribution in [0.15, 0.2) is 44.5 Å². The fourth-order valence-electron chi connectivity index (χ4n) is 1.60.